The molecule has 190 valence electrons. The van der Waals surface area contributed by atoms with Crippen molar-refractivity contribution in [3.05, 3.63) is 94.3 Å². The molecule has 1 aromatic heterocycles. The molecule has 1 fully saturated rings. The van der Waals surface area contributed by atoms with E-state index in [-0.39, 0.29) is 34.7 Å². The van der Waals surface area contributed by atoms with Crippen molar-refractivity contribution in [1.29, 1.82) is 0 Å². The summed E-state index contributed by atoms with van der Waals surface area (Å²) < 4.78 is 10.4. The van der Waals surface area contributed by atoms with Crippen LogP contribution in [-0.4, -0.2) is 41.0 Å². The molecule has 1 aliphatic heterocycles. The zero-order chi connectivity index (χ0) is 26.7. The van der Waals surface area contributed by atoms with Crippen molar-refractivity contribution in [2.75, 3.05) is 12.0 Å². The van der Waals surface area contributed by atoms with Gasteiger partial charge in [0.05, 0.1) is 36.3 Å². The Kier molecular flexibility index (Phi) is 7.59. The number of aliphatic hydroxyl groups is 1. The fraction of sp³-hybridized carbons (Fsp3) is 0.214. The molecule has 1 amide bonds. The number of aliphatic hydroxyl groups excluding tert-OH is 1. The van der Waals surface area contributed by atoms with E-state index in [2.05, 4.69) is 4.98 Å². The molecule has 0 aliphatic carbocycles. The van der Waals surface area contributed by atoms with Gasteiger partial charge < -0.3 is 14.6 Å². The SMILES string of the molecule is COc1ccc(Cl)c(/C(O)=C2\C(=O)C(=O)N(c3ccc(CC(=O)OC(C)C)cc3)C2c2cccnc2)c1. The van der Waals surface area contributed by atoms with Crippen molar-refractivity contribution < 1.29 is 29.0 Å². The average molecular weight is 521 g/mol. The van der Waals surface area contributed by atoms with E-state index in [1.54, 1.807) is 62.5 Å². The van der Waals surface area contributed by atoms with Crippen molar-refractivity contribution in [2.45, 2.75) is 32.4 Å². The van der Waals surface area contributed by atoms with Gasteiger partial charge in [0.25, 0.3) is 11.7 Å². The lowest BCUT2D eigenvalue weighted by Crippen LogP contribution is -2.29. The van der Waals surface area contributed by atoms with Crippen molar-refractivity contribution in [1.82, 2.24) is 4.98 Å². The van der Waals surface area contributed by atoms with Gasteiger partial charge >= 0.3 is 5.97 Å². The summed E-state index contributed by atoms with van der Waals surface area (Å²) in [6.45, 7) is 3.55. The number of benzene rings is 2. The van der Waals surface area contributed by atoms with E-state index in [0.717, 1.165) is 0 Å². The molecule has 2 heterocycles. The van der Waals surface area contributed by atoms with Crippen molar-refractivity contribution in [2.24, 2.45) is 0 Å². The van der Waals surface area contributed by atoms with Gasteiger partial charge in [-0.05, 0) is 61.4 Å². The summed E-state index contributed by atoms with van der Waals surface area (Å²) in [5, 5.41) is 11.5. The summed E-state index contributed by atoms with van der Waals surface area (Å²) in [5.74, 6) is -2.05. The maximum absolute atomic E-state index is 13.3. The molecule has 0 bridgehead atoms. The molecule has 1 N–H and O–H groups in total. The first-order chi connectivity index (χ1) is 17.7. The fourth-order valence-corrected chi connectivity index (χ4v) is 4.36. The molecule has 2 aromatic carbocycles. The minimum Gasteiger partial charge on any atom is -0.507 e. The number of ketones is 1. The van der Waals surface area contributed by atoms with E-state index in [1.165, 1.54) is 30.3 Å². The Hall–Kier alpha value is -4.17. The second-order valence-corrected chi connectivity index (χ2v) is 9.09. The molecule has 3 aromatic rings. The highest BCUT2D eigenvalue weighted by Gasteiger charge is 2.47. The average Bonchev–Trinajstić information content (AvgIpc) is 3.14. The second-order valence-electron chi connectivity index (χ2n) is 8.68. The lowest BCUT2D eigenvalue weighted by atomic mass is 9.96. The van der Waals surface area contributed by atoms with E-state index < -0.39 is 23.5 Å². The summed E-state index contributed by atoms with van der Waals surface area (Å²) >= 11 is 6.34. The molecule has 1 atom stereocenters. The van der Waals surface area contributed by atoms with E-state index in [1.807, 2.05) is 0 Å². The van der Waals surface area contributed by atoms with Gasteiger partial charge in [-0.1, -0.05) is 29.8 Å². The van der Waals surface area contributed by atoms with Gasteiger partial charge in [-0.25, -0.2) is 0 Å². The predicted octanol–water partition coefficient (Wildman–Crippen LogP) is 4.86. The monoisotopic (exact) mass is 520 g/mol. The number of carbonyl (C=O) groups excluding carboxylic acids is 3. The molecule has 4 rings (SSSR count). The summed E-state index contributed by atoms with van der Waals surface area (Å²) in [5.41, 5.74) is 1.65. The van der Waals surface area contributed by atoms with Gasteiger partial charge in [-0.15, -0.1) is 0 Å². The first kappa shape index (κ1) is 25.9. The molecular formula is C28H25ClN2O6. The minimum atomic E-state index is -0.965. The van der Waals surface area contributed by atoms with Crippen molar-refractivity contribution in [3.8, 4) is 5.75 Å². The third-order valence-corrected chi connectivity index (χ3v) is 6.13. The Morgan fingerprint density at radius 3 is 2.49 bits per heavy atom. The summed E-state index contributed by atoms with van der Waals surface area (Å²) in [6.07, 6.45) is 2.94. The number of aromatic nitrogens is 1. The predicted molar refractivity (Wildman–Crippen MR) is 138 cm³/mol. The van der Waals surface area contributed by atoms with Gasteiger partial charge in [0.15, 0.2) is 0 Å². The largest absolute Gasteiger partial charge is 0.507 e. The number of esters is 1. The van der Waals surface area contributed by atoms with Crippen molar-refractivity contribution >= 4 is 40.7 Å². The van der Waals surface area contributed by atoms with Crippen LogP contribution in [0.15, 0.2) is 72.6 Å². The van der Waals surface area contributed by atoms with Gasteiger partial charge in [0, 0.05) is 23.6 Å². The highest BCUT2D eigenvalue weighted by Crippen LogP contribution is 2.43. The molecule has 1 aliphatic rings. The molecule has 0 saturated carbocycles. The zero-order valence-corrected chi connectivity index (χ0v) is 21.2. The minimum absolute atomic E-state index is 0.0671. The quantitative estimate of drug-likeness (QED) is 0.205. The number of Topliss-reactive ketones (excluding diaryl/α,β-unsaturated/α-hetero) is 1. The Labute approximate surface area is 219 Å². The van der Waals surface area contributed by atoms with E-state index >= 15 is 0 Å². The number of halogens is 1. The van der Waals surface area contributed by atoms with Crippen LogP contribution >= 0.6 is 11.6 Å². The van der Waals surface area contributed by atoms with Gasteiger partial charge in [-0.2, -0.15) is 0 Å². The normalized spacial score (nSPS) is 16.8. The van der Waals surface area contributed by atoms with Crippen LogP contribution in [0.4, 0.5) is 5.69 Å². The van der Waals surface area contributed by atoms with Crippen LogP contribution in [0.2, 0.25) is 5.02 Å². The molecule has 0 radical (unpaired) electrons. The topological polar surface area (TPSA) is 106 Å². The first-order valence-electron chi connectivity index (χ1n) is 11.5. The summed E-state index contributed by atoms with van der Waals surface area (Å²) in [7, 11) is 1.47. The Morgan fingerprint density at radius 2 is 1.86 bits per heavy atom. The number of rotatable bonds is 7. The Morgan fingerprint density at radius 1 is 1.14 bits per heavy atom. The van der Waals surface area contributed by atoms with Crippen LogP contribution in [0.25, 0.3) is 5.76 Å². The number of hydrogen-bond acceptors (Lipinski definition) is 7. The molecular weight excluding hydrogens is 496 g/mol. The molecule has 8 nitrogen and oxygen atoms in total. The summed E-state index contributed by atoms with van der Waals surface area (Å²) in [4.78, 5) is 44.1. The van der Waals surface area contributed by atoms with Gasteiger partial charge in [0.2, 0.25) is 0 Å². The number of ether oxygens (including phenoxy) is 2. The number of carbonyl (C=O) groups is 3. The number of hydrogen-bond donors (Lipinski definition) is 1. The number of pyridine rings is 1. The molecule has 1 unspecified atom stereocenters. The molecule has 1 saturated heterocycles. The Balaban J connectivity index is 1.80. The third kappa shape index (κ3) is 5.34. The van der Waals surface area contributed by atoms with Crippen LogP contribution < -0.4 is 9.64 Å². The van der Waals surface area contributed by atoms with Crippen LogP contribution in [-0.2, 0) is 25.5 Å². The van der Waals surface area contributed by atoms with Crippen LogP contribution in [0.5, 0.6) is 5.75 Å². The third-order valence-electron chi connectivity index (χ3n) is 5.80. The number of anilines is 1. The maximum atomic E-state index is 13.3. The van der Waals surface area contributed by atoms with Gasteiger partial charge in [-0.3, -0.25) is 24.3 Å². The lowest BCUT2D eigenvalue weighted by molar-refractivity contribution is -0.146. The van der Waals surface area contributed by atoms with Crippen LogP contribution in [0, 0.1) is 0 Å². The van der Waals surface area contributed by atoms with E-state index in [4.69, 9.17) is 21.1 Å². The molecule has 37 heavy (non-hydrogen) atoms. The fourth-order valence-electron chi connectivity index (χ4n) is 4.16. The number of methoxy groups -OCH3 is 1. The maximum Gasteiger partial charge on any atom is 0.310 e. The second kappa shape index (κ2) is 10.8. The van der Waals surface area contributed by atoms with Crippen LogP contribution in [0.1, 0.15) is 36.6 Å². The number of amides is 1. The highest BCUT2D eigenvalue weighted by molar-refractivity contribution is 6.52. The van der Waals surface area contributed by atoms with Crippen molar-refractivity contribution in [3.63, 3.8) is 0 Å². The smallest absolute Gasteiger partial charge is 0.310 e. The van der Waals surface area contributed by atoms with Gasteiger partial charge in [0.1, 0.15) is 11.5 Å². The highest BCUT2D eigenvalue weighted by atomic mass is 35.5. The Bertz CT molecular complexity index is 1370. The lowest BCUT2D eigenvalue weighted by Gasteiger charge is -2.25. The number of nitrogens with zero attached hydrogens (tertiary/aromatic N) is 2. The van der Waals surface area contributed by atoms with E-state index in [9.17, 15) is 19.5 Å². The summed E-state index contributed by atoms with van der Waals surface area (Å²) in [6, 6.07) is 13.7. The first-order valence-corrected chi connectivity index (χ1v) is 11.9. The van der Waals surface area contributed by atoms with E-state index in [0.29, 0.717) is 22.6 Å². The molecule has 0 spiro atoms. The zero-order valence-electron chi connectivity index (χ0n) is 20.5. The van der Waals surface area contributed by atoms with Crippen LogP contribution in [0.3, 0.4) is 0 Å². The molecule has 9 heteroatoms. The standard InChI is InChI=1S/C28H25ClN2O6/c1-16(2)37-23(32)13-17-6-8-19(9-7-17)31-25(18-5-4-12-30-15-18)24(27(34)28(31)35)26(33)21-14-20(36-3)10-11-22(21)29/h4-12,14-16,25,33H,13H2,1-3H3/b26-24+.